The fourth-order valence-electron chi connectivity index (χ4n) is 5.65. The zero-order valence-corrected chi connectivity index (χ0v) is 27.3. The Morgan fingerprint density at radius 2 is 1.49 bits per heavy atom. The summed E-state index contributed by atoms with van der Waals surface area (Å²) in [6, 6.07) is 24.9. The van der Waals surface area contributed by atoms with Gasteiger partial charge in [0.05, 0.1) is 11.0 Å². The molecule has 0 bridgehead atoms. The fraction of sp³-hybridized carbons (Fsp3) is 0.265. The molecule has 0 atom stereocenters. The summed E-state index contributed by atoms with van der Waals surface area (Å²) in [6.45, 7) is 10.4. The van der Waals surface area contributed by atoms with Gasteiger partial charge in [-0.2, -0.15) is 0 Å². The van der Waals surface area contributed by atoms with Crippen LogP contribution in [-0.4, -0.2) is 26.1 Å². The van der Waals surface area contributed by atoms with E-state index in [9.17, 15) is 13.0 Å². The average Bonchev–Trinajstić information content (AvgIpc) is 2.93. The second-order valence-corrected chi connectivity index (χ2v) is 11.8. The van der Waals surface area contributed by atoms with Gasteiger partial charge in [-0.15, -0.1) is 0 Å². The molecule has 41 heavy (non-hydrogen) atoms. The summed E-state index contributed by atoms with van der Waals surface area (Å²) < 4.78 is 45.9. The molecule has 0 radical (unpaired) electrons. The second kappa shape index (κ2) is 13.1. The van der Waals surface area contributed by atoms with E-state index < -0.39 is 10.1 Å². The van der Waals surface area contributed by atoms with Gasteiger partial charge in [-0.3, -0.25) is 0 Å². The van der Waals surface area contributed by atoms with Crippen LogP contribution in [0.5, 0.6) is 0 Å². The Balaban J connectivity index is 0.00000387. The molecule has 3 aromatic rings. The number of rotatable bonds is 8. The van der Waals surface area contributed by atoms with Gasteiger partial charge in [-0.25, -0.2) is 13.0 Å². The predicted octanol–water partition coefficient (Wildman–Crippen LogP) is 3.91. The summed E-state index contributed by atoms with van der Waals surface area (Å²) in [5.74, 6) is 0.652. The van der Waals surface area contributed by atoms with Gasteiger partial charge in [-0.05, 0) is 60.7 Å². The molecule has 3 aromatic carbocycles. The van der Waals surface area contributed by atoms with Crippen LogP contribution in [0.25, 0.3) is 33.4 Å². The first-order chi connectivity index (χ1) is 19.2. The Morgan fingerprint density at radius 3 is 2.15 bits per heavy atom. The first-order valence-electron chi connectivity index (χ1n) is 13.9. The van der Waals surface area contributed by atoms with Gasteiger partial charge in [-0.1, -0.05) is 62.4 Å². The summed E-state index contributed by atoms with van der Waals surface area (Å²) >= 11 is 0. The molecule has 0 aromatic heterocycles. The SMILES string of the molecule is CCC[N+](CCC)=c1ccc2c(-c3ccccc3S(=O)(=O)[O-])c3ccc(Cc4c(C)cccc4C)cc3oc-2c1.[Na+]. The molecule has 0 N–H and O–H groups in total. The van der Waals surface area contributed by atoms with Crippen molar-refractivity contribution in [2.75, 3.05) is 13.1 Å². The molecule has 0 saturated carbocycles. The van der Waals surface area contributed by atoms with Gasteiger partial charge in [0.15, 0.2) is 0 Å². The van der Waals surface area contributed by atoms with Gasteiger partial charge in [0.2, 0.25) is 5.36 Å². The second-order valence-electron chi connectivity index (χ2n) is 10.5. The maximum atomic E-state index is 12.3. The molecule has 206 valence electrons. The van der Waals surface area contributed by atoms with Crippen molar-refractivity contribution >= 4 is 21.1 Å². The number of hydrogen-bond acceptors (Lipinski definition) is 4. The van der Waals surface area contributed by atoms with E-state index in [4.69, 9.17) is 4.42 Å². The maximum Gasteiger partial charge on any atom is 1.00 e. The van der Waals surface area contributed by atoms with Crippen LogP contribution in [0.1, 0.15) is 48.9 Å². The summed E-state index contributed by atoms with van der Waals surface area (Å²) in [7, 11) is -4.70. The topological polar surface area (TPSA) is 73.3 Å². The molecule has 5 rings (SSSR count). The Hall–Kier alpha value is -2.74. The van der Waals surface area contributed by atoms with E-state index in [1.807, 2.05) is 24.3 Å². The van der Waals surface area contributed by atoms with Crippen LogP contribution in [0, 0.1) is 13.8 Å². The standard InChI is InChI=1S/C34H35NO4S.Na/c1-5-18-35(19-6-2)26-15-17-28-32(22-26)39-31-21-25(20-30-23(3)10-9-11-24(30)4)14-16-27(31)34(28)29-12-7-8-13-33(29)40(36,37)38;/h7-17,21-22H,5-6,18-20H2,1-4H3;/q;+1. The number of hydrogen-bond donors (Lipinski definition) is 0. The number of benzene rings is 4. The average molecular weight is 577 g/mol. The van der Waals surface area contributed by atoms with Crippen molar-refractivity contribution in [3.05, 3.63) is 106 Å². The third-order valence-corrected chi connectivity index (χ3v) is 8.47. The first-order valence-corrected chi connectivity index (χ1v) is 15.3. The smallest absolute Gasteiger partial charge is 0.744 e. The van der Waals surface area contributed by atoms with E-state index in [0.29, 0.717) is 22.5 Å². The Morgan fingerprint density at radius 1 is 0.805 bits per heavy atom. The summed E-state index contributed by atoms with van der Waals surface area (Å²) in [6.07, 6.45) is 2.80. The first kappa shape index (κ1) is 31.2. The van der Waals surface area contributed by atoms with Crippen molar-refractivity contribution in [1.82, 2.24) is 4.58 Å². The van der Waals surface area contributed by atoms with Crippen LogP contribution < -0.4 is 39.5 Å². The van der Waals surface area contributed by atoms with Crippen molar-refractivity contribution in [3.8, 4) is 22.5 Å². The van der Waals surface area contributed by atoms with Crippen molar-refractivity contribution in [2.45, 2.75) is 51.9 Å². The number of fused-ring (bicyclic) bond motifs is 2. The van der Waals surface area contributed by atoms with Crippen LogP contribution in [-0.2, 0) is 16.5 Å². The van der Waals surface area contributed by atoms with Gasteiger partial charge in [0, 0.05) is 41.0 Å². The number of nitrogens with zero attached hydrogens (tertiary/aromatic N) is 1. The third kappa shape index (κ3) is 6.52. The Bertz CT molecular complexity index is 1830. The normalized spacial score (nSPS) is 11.5. The molecule has 2 aliphatic rings. The summed E-state index contributed by atoms with van der Waals surface area (Å²) in [4.78, 5) is -0.230. The minimum Gasteiger partial charge on any atom is -0.744 e. The van der Waals surface area contributed by atoms with Crippen LogP contribution in [0.2, 0.25) is 0 Å². The Kier molecular flexibility index (Phi) is 9.93. The van der Waals surface area contributed by atoms with Crippen molar-refractivity contribution in [2.24, 2.45) is 0 Å². The molecule has 7 heteroatoms. The minimum absolute atomic E-state index is 0. The molecule has 0 unspecified atom stereocenters. The zero-order valence-electron chi connectivity index (χ0n) is 24.5. The van der Waals surface area contributed by atoms with Gasteiger partial charge < -0.3 is 8.97 Å². The summed E-state index contributed by atoms with van der Waals surface area (Å²) in [5, 5.41) is 1.82. The van der Waals surface area contributed by atoms with E-state index in [1.165, 1.54) is 22.8 Å². The van der Waals surface area contributed by atoms with E-state index in [1.54, 1.807) is 18.2 Å². The van der Waals surface area contributed by atoms with Gasteiger partial charge >= 0.3 is 29.6 Å². The number of aryl methyl sites for hydroxylation is 2. The van der Waals surface area contributed by atoms with E-state index >= 15 is 0 Å². The van der Waals surface area contributed by atoms with Gasteiger partial charge in [0.1, 0.15) is 34.6 Å². The molecule has 0 saturated heterocycles. The molecule has 0 amide bonds. The zero-order chi connectivity index (χ0) is 28.4. The monoisotopic (exact) mass is 576 g/mol. The molecule has 0 fully saturated rings. The van der Waals surface area contributed by atoms with E-state index in [0.717, 1.165) is 54.2 Å². The largest absolute Gasteiger partial charge is 1.00 e. The quantitative estimate of drug-likeness (QED) is 0.122. The van der Waals surface area contributed by atoms with Crippen LogP contribution in [0.4, 0.5) is 0 Å². The molecule has 0 spiro atoms. The molecular formula is C34H35NNaO4S+. The van der Waals surface area contributed by atoms with Crippen molar-refractivity contribution in [3.63, 3.8) is 0 Å². The van der Waals surface area contributed by atoms with Crippen LogP contribution in [0.15, 0.2) is 88.2 Å². The van der Waals surface area contributed by atoms with Crippen LogP contribution in [0.3, 0.4) is 0 Å². The maximum absolute atomic E-state index is 12.3. The molecule has 5 nitrogen and oxygen atoms in total. The van der Waals surface area contributed by atoms with Crippen LogP contribution >= 0.6 is 0 Å². The molecule has 1 aliphatic carbocycles. The molecular weight excluding hydrogens is 541 g/mol. The minimum atomic E-state index is -4.70. The van der Waals surface area contributed by atoms with Crippen molar-refractivity contribution < 1.29 is 46.9 Å². The van der Waals surface area contributed by atoms with Gasteiger partial charge in [0.25, 0.3) is 0 Å². The third-order valence-electron chi connectivity index (χ3n) is 7.57. The summed E-state index contributed by atoms with van der Waals surface area (Å²) in [5.41, 5.74) is 7.35. The predicted molar refractivity (Wildman–Crippen MR) is 161 cm³/mol. The molecule has 1 heterocycles. The van der Waals surface area contributed by atoms with E-state index in [2.05, 4.69) is 62.6 Å². The fourth-order valence-corrected chi connectivity index (χ4v) is 6.34. The van der Waals surface area contributed by atoms with Crippen molar-refractivity contribution in [1.29, 1.82) is 0 Å². The van der Waals surface area contributed by atoms with E-state index in [-0.39, 0.29) is 34.5 Å². The Labute approximate surface area is 265 Å². The molecule has 1 aliphatic heterocycles.